The van der Waals surface area contributed by atoms with Gasteiger partial charge >= 0.3 is 0 Å². The first-order valence-electron chi connectivity index (χ1n) is 9.85. The molecule has 3 heterocycles. The summed E-state index contributed by atoms with van der Waals surface area (Å²) in [6.45, 7) is 3.06. The number of methoxy groups -OCH3 is 1. The Balaban J connectivity index is 1.35. The standard InChI is InChI=1S/C20H27N3O5S/c1-27-17-12-15-14(10-16(22-15)19(21)24)11-18(17)28-8-7-23-5-2-20(3-6-23)4-9-29(25,26)13-20/h10-12,22H,2-9,13H2,1H3,(H2,21,24). The van der Waals surface area contributed by atoms with Crippen molar-refractivity contribution in [1.82, 2.24) is 9.88 Å². The van der Waals surface area contributed by atoms with Crippen LogP contribution < -0.4 is 15.2 Å². The van der Waals surface area contributed by atoms with Crippen LogP contribution in [0.4, 0.5) is 0 Å². The number of nitrogens with one attached hydrogen (secondary N) is 1. The summed E-state index contributed by atoms with van der Waals surface area (Å²) in [6, 6.07) is 5.33. The molecule has 0 aliphatic carbocycles. The van der Waals surface area contributed by atoms with E-state index in [0.29, 0.717) is 35.3 Å². The fourth-order valence-corrected chi connectivity index (χ4v) is 6.71. The maximum Gasteiger partial charge on any atom is 0.265 e. The Hall–Kier alpha value is -2.26. The first-order chi connectivity index (χ1) is 13.8. The topological polar surface area (TPSA) is 115 Å². The summed E-state index contributed by atoms with van der Waals surface area (Å²) in [7, 11) is -1.27. The zero-order valence-corrected chi connectivity index (χ0v) is 17.4. The van der Waals surface area contributed by atoms with Crippen molar-refractivity contribution in [3.63, 3.8) is 0 Å². The van der Waals surface area contributed by atoms with Crippen LogP contribution in [0.1, 0.15) is 29.8 Å². The van der Waals surface area contributed by atoms with Crippen LogP contribution in [0.5, 0.6) is 11.5 Å². The van der Waals surface area contributed by atoms with Gasteiger partial charge in [0, 0.05) is 23.5 Å². The lowest BCUT2D eigenvalue weighted by Gasteiger charge is -2.38. The quantitative estimate of drug-likeness (QED) is 0.731. The van der Waals surface area contributed by atoms with Crippen LogP contribution >= 0.6 is 0 Å². The summed E-state index contributed by atoms with van der Waals surface area (Å²) in [5.74, 6) is 1.38. The largest absolute Gasteiger partial charge is 0.493 e. The highest BCUT2D eigenvalue weighted by molar-refractivity contribution is 7.91. The number of ether oxygens (including phenoxy) is 2. The molecule has 3 N–H and O–H groups in total. The number of aromatic nitrogens is 1. The number of rotatable bonds is 6. The van der Waals surface area contributed by atoms with Crippen LogP contribution in [0.3, 0.4) is 0 Å². The highest BCUT2D eigenvalue weighted by Crippen LogP contribution is 2.41. The third-order valence-electron chi connectivity index (χ3n) is 6.22. The zero-order chi connectivity index (χ0) is 20.6. The highest BCUT2D eigenvalue weighted by Gasteiger charge is 2.43. The fraction of sp³-hybridized carbons (Fsp3) is 0.550. The first kappa shape index (κ1) is 20.0. The Morgan fingerprint density at radius 1 is 1.21 bits per heavy atom. The Labute approximate surface area is 170 Å². The molecule has 0 saturated carbocycles. The average molecular weight is 422 g/mol. The molecule has 0 bridgehead atoms. The van der Waals surface area contributed by atoms with E-state index in [1.807, 2.05) is 6.07 Å². The molecule has 2 fully saturated rings. The summed E-state index contributed by atoms with van der Waals surface area (Å²) < 4.78 is 35.0. The minimum absolute atomic E-state index is 0.00311. The lowest BCUT2D eigenvalue weighted by molar-refractivity contribution is 0.0996. The van der Waals surface area contributed by atoms with E-state index in [-0.39, 0.29) is 5.41 Å². The van der Waals surface area contributed by atoms with Crippen LogP contribution in [0.25, 0.3) is 10.9 Å². The number of carbonyl (C=O) groups is 1. The molecule has 0 unspecified atom stereocenters. The van der Waals surface area contributed by atoms with Crippen LogP contribution in [-0.4, -0.2) is 69.1 Å². The van der Waals surface area contributed by atoms with Crippen molar-refractivity contribution in [1.29, 1.82) is 0 Å². The van der Waals surface area contributed by atoms with Crippen LogP contribution in [0.2, 0.25) is 0 Å². The number of aromatic amines is 1. The number of benzene rings is 1. The summed E-state index contributed by atoms with van der Waals surface area (Å²) >= 11 is 0. The lowest BCUT2D eigenvalue weighted by Crippen LogP contribution is -2.42. The van der Waals surface area contributed by atoms with E-state index in [1.54, 1.807) is 19.2 Å². The van der Waals surface area contributed by atoms with Gasteiger partial charge in [0.2, 0.25) is 0 Å². The average Bonchev–Trinajstić information content (AvgIpc) is 3.23. The van der Waals surface area contributed by atoms with Gasteiger partial charge in [0.25, 0.3) is 5.91 Å². The van der Waals surface area contributed by atoms with Crippen molar-refractivity contribution in [2.24, 2.45) is 11.1 Å². The molecule has 0 radical (unpaired) electrons. The number of likely N-dealkylation sites (tertiary alicyclic amines) is 1. The maximum atomic E-state index is 11.8. The Bertz CT molecular complexity index is 1020. The monoisotopic (exact) mass is 421 g/mol. The molecule has 4 rings (SSSR count). The van der Waals surface area contributed by atoms with E-state index in [1.165, 1.54) is 0 Å². The lowest BCUT2D eigenvalue weighted by atomic mass is 9.78. The molecule has 2 aliphatic heterocycles. The van der Waals surface area contributed by atoms with E-state index in [9.17, 15) is 13.2 Å². The second kappa shape index (κ2) is 7.53. The highest BCUT2D eigenvalue weighted by atomic mass is 32.2. The molecular formula is C20H27N3O5S. The van der Waals surface area contributed by atoms with Gasteiger partial charge in [-0.1, -0.05) is 0 Å². The molecular weight excluding hydrogens is 394 g/mol. The maximum absolute atomic E-state index is 11.8. The van der Waals surface area contributed by atoms with Crippen LogP contribution in [0.15, 0.2) is 18.2 Å². The normalized spacial score (nSPS) is 20.9. The molecule has 0 atom stereocenters. The third kappa shape index (κ3) is 4.20. The molecule has 2 aromatic rings. The van der Waals surface area contributed by atoms with Crippen LogP contribution in [0, 0.1) is 5.41 Å². The zero-order valence-electron chi connectivity index (χ0n) is 16.6. The minimum atomic E-state index is -2.84. The summed E-state index contributed by atoms with van der Waals surface area (Å²) in [5, 5.41) is 0.831. The van der Waals surface area contributed by atoms with Crippen molar-refractivity contribution in [2.75, 3.05) is 44.9 Å². The number of amides is 1. The first-order valence-corrected chi connectivity index (χ1v) is 11.7. The van der Waals surface area contributed by atoms with Gasteiger partial charge in [-0.25, -0.2) is 8.42 Å². The molecule has 8 nitrogen and oxygen atoms in total. The van der Waals surface area contributed by atoms with Crippen molar-refractivity contribution in [3.8, 4) is 11.5 Å². The Morgan fingerprint density at radius 2 is 1.97 bits per heavy atom. The van der Waals surface area contributed by atoms with Gasteiger partial charge in [-0.05, 0) is 49.9 Å². The number of H-pyrrole nitrogens is 1. The number of hydrogen-bond donors (Lipinski definition) is 2. The summed E-state index contributed by atoms with van der Waals surface area (Å²) in [4.78, 5) is 16.7. The van der Waals surface area contributed by atoms with E-state index in [2.05, 4.69) is 9.88 Å². The van der Waals surface area contributed by atoms with Crippen molar-refractivity contribution >= 4 is 26.6 Å². The predicted octanol–water partition coefficient (Wildman–Crippen LogP) is 1.55. The van der Waals surface area contributed by atoms with Gasteiger partial charge in [-0.3, -0.25) is 9.69 Å². The second-order valence-corrected chi connectivity index (χ2v) is 10.4. The minimum Gasteiger partial charge on any atom is -0.493 e. The van der Waals surface area contributed by atoms with Gasteiger partial charge in [-0.2, -0.15) is 0 Å². The molecule has 9 heteroatoms. The van der Waals surface area contributed by atoms with E-state index in [0.717, 1.165) is 49.8 Å². The number of fused-ring (bicyclic) bond motifs is 1. The molecule has 1 aromatic heterocycles. The van der Waals surface area contributed by atoms with Gasteiger partial charge in [0.1, 0.15) is 12.3 Å². The van der Waals surface area contributed by atoms with Crippen LogP contribution in [-0.2, 0) is 9.84 Å². The third-order valence-corrected chi connectivity index (χ3v) is 8.10. The number of piperidine rings is 1. The number of carbonyl (C=O) groups excluding carboxylic acids is 1. The van der Waals surface area contributed by atoms with E-state index in [4.69, 9.17) is 15.2 Å². The number of primary amides is 1. The van der Waals surface area contributed by atoms with Crippen molar-refractivity contribution < 1.29 is 22.7 Å². The van der Waals surface area contributed by atoms with E-state index >= 15 is 0 Å². The van der Waals surface area contributed by atoms with Gasteiger partial charge in [-0.15, -0.1) is 0 Å². The molecule has 29 heavy (non-hydrogen) atoms. The summed E-state index contributed by atoms with van der Waals surface area (Å²) in [5.41, 5.74) is 6.44. The number of sulfone groups is 1. The fourth-order valence-electron chi connectivity index (χ4n) is 4.46. The molecule has 1 aromatic carbocycles. The van der Waals surface area contributed by atoms with Gasteiger partial charge in [0.15, 0.2) is 21.3 Å². The number of hydrogen-bond acceptors (Lipinski definition) is 6. The molecule has 1 amide bonds. The Morgan fingerprint density at radius 3 is 2.59 bits per heavy atom. The van der Waals surface area contributed by atoms with E-state index < -0.39 is 15.7 Å². The molecule has 2 saturated heterocycles. The molecule has 2 aliphatic rings. The van der Waals surface area contributed by atoms with Gasteiger partial charge < -0.3 is 20.2 Å². The molecule has 158 valence electrons. The number of nitrogens with zero attached hydrogens (tertiary/aromatic N) is 1. The SMILES string of the molecule is COc1cc2[nH]c(C(N)=O)cc2cc1OCCN1CCC2(CC1)CCS(=O)(=O)C2. The van der Waals surface area contributed by atoms with Gasteiger partial charge in [0.05, 0.1) is 18.6 Å². The smallest absolute Gasteiger partial charge is 0.265 e. The van der Waals surface area contributed by atoms with Crippen molar-refractivity contribution in [2.45, 2.75) is 19.3 Å². The second-order valence-electron chi connectivity index (χ2n) is 8.17. The molecule has 1 spiro atoms. The summed E-state index contributed by atoms with van der Waals surface area (Å²) in [6.07, 6.45) is 2.67. The number of nitrogens with two attached hydrogens (primary N) is 1. The predicted molar refractivity (Wildman–Crippen MR) is 110 cm³/mol. The Kier molecular flexibility index (Phi) is 5.20. The van der Waals surface area contributed by atoms with Crippen molar-refractivity contribution in [3.05, 3.63) is 23.9 Å².